The summed E-state index contributed by atoms with van der Waals surface area (Å²) in [5, 5.41) is 24.3. The molecule has 1 aromatic carbocycles. The lowest BCUT2D eigenvalue weighted by Gasteiger charge is -2.41. The van der Waals surface area contributed by atoms with Crippen molar-refractivity contribution in [2.45, 2.75) is 24.8 Å². The quantitative estimate of drug-likeness (QED) is 0.775. The molecule has 0 radical (unpaired) electrons. The van der Waals surface area contributed by atoms with Crippen LogP contribution in [0.2, 0.25) is 0 Å². The van der Waals surface area contributed by atoms with Crippen molar-refractivity contribution in [1.29, 1.82) is 0 Å². The molecular formula is C14H16N2O2. The van der Waals surface area contributed by atoms with E-state index in [1.165, 1.54) is 0 Å². The predicted octanol–water partition coefficient (Wildman–Crippen LogP) is 2.27. The number of fused-ring (bicyclic) bond motifs is 1. The van der Waals surface area contributed by atoms with Gasteiger partial charge < -0.3 is 15.5 Å². The van der Waals surface area contributed by atoms with Gasteiger partial charge in [0.25, 0.3) is 0 Å². The van der Waals surface area contributed by atoms with E-state index in [1.807, 2.05) is 12.1 Å². The number of aliphatic hydroxyl groups is 1. The first-order valence-corrected chi connectivity index (χ1v) is 6.19. The van der Waals surface area contributed by atoms with Crippen molar-refractivity contribution < 1.29 is 10.2 Å². The minimum atomic E-state index is -0.229. The number of aliphatic hydroxyl groups excluding tert-OH is 1. The van der Waals surface area contributed by atoms with Crippen molar-refractivity contribution in [2.75, 3.05) is 11.9 Å². The molecule has 0 bridgehead atoms. The van der Waals surface area contributed by atoms with Crippen molar-refractivity contribution in [3.8, 4) is 5.75 Å². The Kier molecular flexibility index (Phi) is 2.59. The zero-order chi connectivity index (χ0) is 12.6. The summed E-state index contributed by atoms with van der Waals surface area (Å²) in [6, 6.07) is 7.14. The second-order valence-electron chi connectivity index (χ2n) is 4.98. The highest BCUT2D eigenvalue weighted by atomic mass is 16.3. The summed E-state index contributed by atoms with van der Waals surface area (Å²) in [7, 11) is 0. The SMILES string of the molecule is OCC1(Nc2nccc3ccc(O)cc23)CCC1. The molecule has 0 saturated heterocycles. The Morgan fingerprint density at radius 1 is 1.28 bits per heavy atom. The topological polar surface area (TPSA) is 65.4 Å². The molecule has 2 aromatic rings. The molecule has 1 fully saturated rings. The second-order valence-corrected chi connectivity index (χ2v) is 4.98. The molecule has 1 saturated carbocycles. The van der Waals surface area contributed by atoms with Crippen LogP contribution < -0.4 is 5.32 Å². The molecule has 94 valence electrons. The van der Waals surface area contributed by atoms with E-state index in [0.717, 1.165) is 35.9 Å². The third-order valence-electron chi connectivity index (χ3n) is 3.75. The van der Waals surface area contributed by atoms with Crippen LogP contribution in [-0.2, 0) is 0 Å². The third kappa shape index (κ3) is 1.78. The highest BCUT2D eigenvalue weighted by Crippen LogP contribution is 2.36. The van der Waals surface area contributed by atoms with Gasteiger partial charge in [-0.05, 0) is 42.8 Å². The first-order valence-electron chi connectivity index (χ1n) is 6.19. The van der Waals surface area contributed by atoms with Gasteiger partial charge in [-0.25, -0.2) is 4.98 Å². The van der Waals surface area contributed by atoms with Gasteiger partial charge in [0.15, 0.2) is 0 Å². The maximum absolute atomic E-state index is 9.58. The summed E-state index contributed by atoms with van der Waals surface area (Å²) in [6.07, 6.45) is 4.79. The molecule has 0 unspecified atom stereocenters. The summed E-state index contributed by atoms with van der Waals surface area (Å²) < 4.78 is 0. The van der Waals surface area contributed by atoms with Gasteiger partial charge in [-0.1, -0.05) is 6.07 Å². The Morgan fingerprint density at radius 3 is 2.78 bits per heavy atom. The fraction of sp³-hybridized carbons (Fsp3) is 0.357. The molecule has 0 atom stereocenters. The molecule has 0 amide bonds. The lowest BCUT2D eigenvalue weighted by molar-refractivity contribution is 0.144. The van der Waals surface area contributed by atoms with Crippen LogP contribution in [0.5, 0.6) is 5.75 Å². The summed E-state index contributed by atoms with van der Waals surface area (Å²) in [4.78, 5) is 4.33. The van der Waals surface area contributed by atoms with E-state index in [0.29, 0.717) is 0 Å². The van der Waals surface area contributed by atoms with Gasteiger partial charge in [0.2, 0.25) is 0 Å². The summed E-state index contributed by atoms with van der Waals surface area (Å²) >= 11 is 0. The van der Waals surface area contributed by atoms with Crippen molar-refractivity contribution in [3.05, 3.63) is 30.5 Å². The van der Waals surface area contributed by atoms with E-state index in [4.69, 9.17) is 0 Å². The Balaban J connectivity index is 2.03. The van der Waals surface area contributed by atoms with E-state index >= 15 is 0 Å². The number of nitrogens with zero attached hydrogens (tertiary/aromatic N) is 1. The van der Waals surface area contributed by atoms with Gasteiger partial charge in [0.05, 0.1) is 12.1 Å². The second kappa shape index (κ2) is 4.14. The van der Waals surface area contributed by atoms with Gasteiger partial charge in [0.1, 0.15) is 11.6 Å². The van der Waals surface area contributed by atoms with Crippen LogP contribution in [0.3, 0.4) is 0 Å². The highest BCUT2D eigenvalue weighted by molar-refractivity contribution is 5.93. The molecule has 1 heterocycles. The van der Waals surface area contributed by atoms with Gasteiger partial charge >= 0.3 is 0 Å². The zero-order valence-electron chi connectivity index (χ0n) is 10.1. The number of pyridine rings is 1. The molecule has 3 N–H and O–H groups in total. The largest absolute Gasteiger partial charge is 0.508 e. The molecule has 4 heteroatoms. The van der Waals surface area contributed by atoms with E-state index in [1.54, 1.807) is 18.3 Å². The average molecular weight is 244 g/mol. The van der Waals surface area contributed by atoms with Crippen LogP contribution in [0.15, 0.2) is 30.5 Å². The molecular weight excluding hydrogens is 228 g/mol. The number of hydrogen-bond donors (Lipinski definition) is 3. The molecule has 3 rings (SSSR count). The number of hydrogen-bond acceptors (Lipinski definition) is 4. The summed E-state index contributed by atoms with van der Waals surface area (Å²) in [5.41, 5.74) is -0.229. The summed E-state index contributed by atoms with van der Waals surface area (Å²) in [6.45, 7) is 0.115. The molecule has 18 heavy (non-hydrogen) atoms. The van der Waals surface area contributed by atoms with E-state index < -0.39 is 0 Å². The Labute approximate surface area is 105 Å². The normalized spacial score (nSPS) is 17.4. The fourth-order valence-electron chi connectivity index (χ4n) is 2.43. The fourth-order valence-corrected chi connectivity index (χ4v) is 2.43. The highest BCUT2D eigenvalue weighted by Gasteiger charge is 2.36. The van der Waals surface area contributed by atoms with Gasteiger partial charge in [-0.15, -0.1) is 0 Å². The first-order chi connectivity index (χ1) is 8.72. The van der Waals surface area contributed by atoms with Crippen molar-refractivity contribution in [1.82, 2.24) is 4.98 Å². The van der Waals surface area contributed by atoms with Crippen molar-refractivity contribution >= 4 is 16.6 Å². The number of nitrogens with one attached hydrogen (secondary N) is 1. The lowest BCUT2D eigenvalue weighted by Crippen LogP contribution is -2.48. The molecule has 1 aliphatic rings. The smallest absolute Gasteiger partial charge is 0.134 e. The number of aromatic nitrogens is 1. The van der Waals surface area contributed by atoms with Crippen LogP contribution in [0.1, 0.15) is 19.3 Å². The molecule has 0 spiro atoms. The molecule has 4 nitrogen and oxygen atoms in total. The van der Waals surface area contributed by atoms with Crippen LogP contribution in [0.25, 0.3) is 10.8 Å². The minimum Gasteiger partial charge on any atom is -0.508 e. The van der Waals surface area contributed by atoms with E-state index in [2.05, 4.69) is 10.3 Å². The minimum absolute atomic E-state index is 0.115. The number of phenols is 1. The van der Waals surface area contributed by atoms with Gasteiger partial charge in [-0.2, -0.15) is 0 Å². The van der Waals surface area contributed by atoms with Crippen molar-refractivity contribution in [3.63, 3.8) is 0 Å². The maximum Gasteiger partial charge on any atom is 0.134 e. The van der Waals surface area contributed by atoms with E-state index in [9.17, 15) is 10.2 Å². The van der Waals surface area contributed by atoms with Crippen LogP contribution in [0.4, 0.5) is 5.82 Å². The van der Waals surface area contributed by atoms with Gasteiger partial charge in [0, 0.05) is 11.6 Å². The Morgan fingerprint density at radius 2 is 2.11 bits per heavy atom. The van der Waals surface area contributed by atoms with Crippen LogP contribution >= 0.6 is 0 Å². The number of phenolic OH excluding ortho intramolecular Hbond substituents is 1. The number of benzene rings is 1. The van der Waals surface area contributed by atoms with Crippen LogP contribution in [-0.4, -0.2) is 27.3 Å². The van der Waals surface area contributed by atoms with Crippen LogP contribution in [0, 0.1) is 0 Å². The first kappa shape index (κ1) is 11.3. The van der Waals surface area contributed by atoms with E-state index in [-0.39, 0.29) is 17.9 Å². The average Bonchev–Trinajstić information content (AvgIpc) is 2.34. The number of anilines is 1. The number of rotatable bonds is 3. The lowest BCUT2D eigenvalue weighted by atomic mass is 9.77. The van der Waals surface area contributed by atoms with Gasteiger partial charge in [-0.3, -0.25) is 0 Å². The molecule has 1 aliphatic carbocycles. The third-order valence-corrected chi connectivity index (χ3v) is 3.75. The molecule has 0 aliphatic heterocycles. The number of aromatic hydroxyl groups is 1. The van der Waals surface area contributed by atoms with Crippen molar-refractivity contribution in [2.24, 2.45) is 0 Å². The Hall–Kier alpha value is -1.81. The zero-order valence-corrected chi connectivity index (χ0v) is 10.1. The molecule has 1 aromatic heterocycles. The monoisotopic (exact) mass is 244 g/mol. The standard InChI is InChI=1S/C14H16N2O2/c17-9-14(5-1-6-14)16-13-12-8-11(18)3-2-10(12)4-7-15-13/h2-4,7-8,17-18H,1,5-6,9H2,(H,15,16). The Bertz CT molecular complexity index is 574. The maximum atomic E-state index is 9.58. The predicted molar refractivity (Wildman–Crippen MR) is 70.7 cm³/mol. The summed E-state index contributed by atoms with van der Waals surface area (Å²) in [5.74, 6) is 0.961.